The van der Waals surface area contributed by atoms with Crippen molar-refractivity contribution in [1.82, 2.24) is 19.2 Å². The predicted octanol–water partition coefficient (Wildman–Crippen LogP) is 4.78. The van der Waals surface area contributed by atoms with E-state index in [-0.39, 0.29) is 17.8 Å². The largest absolute Gasteiger partial charge is 0.370 e. The summed E-state index contributed by atoms with van der Waals surface area (Å²) in [6, 6.07) is 17.7. The quantitative estimate of drug-likeness (QED) is 0.410. The molecule has 1 amide bonds. The Morgan fingerprint density at radius 1 is 1.06 bits per heavy atom. The number of ether oxygens (including phenoxy) is 1. The Hall–Kier alpha value is -3.23. The van der Waals surface area contributed by atoms with Gasteiger partial charge in [-0.3, -0.25) is 4.79 Å². The number of hydrogen-bond acceptors (Lipinski definition) is 3. The van der Waals surface area contributed by atoms with Crippen LogP contribution in [0.5, 0.6) is 0 Å². The highest BCUT2D eigenvalue weighted by molar-refractivity contribution is 9.10. The van der Waals surface area contributed by atoms with E-state index >= 15 is 0 Å². The summed E-state index contributed by atoms with van der Waals surface area (Å²) < 4.78 is 23.9. The summed E-state index contributed by atoms with van der Waals surface area (Å²) in [6.45, 7) is 1.41. The van der Waals surface area contributed by atoms with Gasteiger partial charge in [0.25, 0.3) is 5.91 Å². The minimum Gasteiger partial charge on any atom is -0.370 e. The zero-order chi connectivity index (χ0) is 22.1. The second kappa shape index (κ2) is 8.72. The second-order valence-electron chi connectivity index (χ2n) is 7.52. The van der Waals surface area contributed by atoms with Crippen molar-refractivity contribution >= 4 is 21.8 Å². The van der Waals surface area contributed by atoms with Gasteiger partial charge >= 0.3 is 0 Å². The van der Waals surface area contributed by atoms with E-state index in [1.165, 1.54) is 12.1 Å². The van der Waals surface area contributed by atoms with E-state index in [0.29, 0.717) is 36.8 Å². The van der Waals surface area contributed by atoms with Crippen molar-refractivity contribution < 1.29 is 13.9 Å². The maximum absolute atomic E-state index is 13.6. The number of morpholine rings is 1. The molecule has 1 fully saturated rings. The van der Waals surface area contributed by atoms with Crippen LogP contribution >= 0.6 is 15.9 Å². The molecule has 8 heteroatoms. The summed E-state index contributed by atoms with van der Waals surface area (Å²) in [6.07, 6.45) is 5.10. The fourth-order valence-electron chi connectivity index (χ4n) is 3.87. The van der Waals surface area contributed by atoms with Gasteiger partial charge in [-0.1, -0.05) is 28.1 Å². The zero-order valence-electron chi connectivity index (χ0n) is 17.1. The van der Waals surface area contributed by atoms with Crippen LogP contribution in [0.15, 0.2) is 83.7 Å². The van der Waals surface area contributed by atoms with Crippen LogP contribution in [-0.4, -0.2) is 44.9 Å². The molecule has 1 aliphatic heterocycles. The van der Waals surface area contributed by atoms with Crippen molar-refractivity contribution in [2.24, 2.45) is 0 Å². The fourth-order valence-corrected chi connectivity index (χ4v) is 4.14. The van der Waals surface area contributed by atoms with Gasteiger partial charge in [-0.15, -0.1) is 0 Å². The number of rotatable bonds is 4. The average Bonchev–Trinajstić information content (AvgIpc) is 3.50. The van der Waals surface area contributed by atoms with E-state index in [0.717, 1.165) is 10.0 Å². The first-order valence-electron chi connectivity index (χ1n) is 10.2. The second-order valence-corrected chi connectivity index (χ2v) is 8.44. The maximum Gasteiger partial charge on any atom is 0.259 e. The van der Waals surface area contributed by atoms with Crippen LogP contribution in [0.2, 0.25) is 0 Å². The third-order valence-electron chi connectivity index (χ3n) is 5.49. The minimum absolute atomic E-state index is 0.118. The molecule has 2 aromatic heterocycles. The highest BCUT2D eigenvalue weighted by atomic mass is 79.9. The van der Waals surface area contributed by atoms with Gasteiger partial charge in [0, 0.05) is 23.4 Å². The molecule has 1 atom stereocenters. The highest BCUT2D eigenvalue weighted by Crippen LogP contribution is 2.27. The average molecular weight is 495 g/mol. The summed E-state index contributed by atoms with van der Waals surface area (Å²) in [5.41, 5.74) is 2.17. The molecule has 2 aromatic carbocycles. The molecule has 6 nitrogen and oxygen atoms in total. The number of carbonyl (C=O) groups is 1. The molecular weight excluding hydrogens is 475 g/mol. The zero-order valence-corrected chi connectivity index (χ0v) is 18.7. The number of halogens is 2. The summed E-state index contributed by atoms with van der Waals surface area (Å²) in [5.74, 6) is 0.165. The molecule has 0 spiro atoms. The molecule has 0 radical (unpaired) electrons. The molecule has 0 N–H and O–H groups in total. The monoisotopic (exact) mass is 494 g/mol. The van der Waals surface area contributed by atoms with Crippen molar-refractivity contribution in [1.29, 1.82) is 0 Å². The van der Waals surface area contributed by atoms with Gasteiger partial charge in [0.2, 0.25) is 0 Å². The van der Waals surface area contributed by atoms with Gasteiger partial charge in [0.05, 0.1) is 25.0 Å². The van der Waals surface area contributed by atoms with E-state index < -0.39 is 0 Å². The lowest BCUT2D eigenvalue weighted by Crippen LogP contribution is -2.42. The van der Waals surface area contributed by atoms with Gasteiger partial charge in [-0.05, 0) is 54.1 Å². The molecule has 4 aromatic rings. The van der Waals surface area contributed by atoms with E-state index in [9.17, 15) is 9.18 Å². The van der Waals surface area contributed by atoms with Crippen molar-refractivity contribution in [3.05, 3.63) is 101 Å². The Kier molecular flexibility index (Phi) is 5.63. The lowest BCUT2D eigenvalue weighted by Gasteiger charge is -2.33. The Labute approximate surface area is 193 Å². The van der Waals surface area contributed by atoms with Crippen molar-refractivity contribution in [3.8, 4) is 11.5 Å². The number of hydrogen-bond donors (Lipinski definition) is 0. The van der Waals surface area contributed by atoms with E-state index in [1.54, 1.807) is 27.9 Å². The summed E-state index contributed by atoms with van der Waals surface area (Å²) in [7, 11) is 0. The molecule has 1 aliphatic rings. The summed E-state index contributed by atoms with van der Waals surface area (Å²) in [5, 5.41) is 4.46. The van der Waals surface area contributed by atoms with Crippen molar-refractivity contribution in [2.45, 2.75) is 6.10 Å². The van der Waals surface area contributed by atoms with Gasteiger partial charge in [0.1, 0.15) is 17.5 Å². The Morgan fingerprint density at radius 2 is 1.78 bits per heavy atom. The first kappa shape index (κ1) is 20.7. The van der Waals surface area contributed by atoms with Gasteiger partial charge in [0.15, 0.2) is 5.82 Å². The number of aromatic nitrogens is 3. The van der Waals surface area contributed by atoms with E-state index in [1.807, 2.05) is 53.4 Å². The lowest BCUT2D eigenvalue weighted by atomic mass is 10.1. The minimum atomic E-state index is -0.327. The number of benzene rings is 2. The highest BCUT2D eigenvalue weighted by Gasteiger charge is 2.29. The lowest BCUT2D eigenvalue weighted by molar-refractivity contribution is -0.0228. The topological polar surface area (TPSA) is 52.3 Å². The van der Waals surface area contributed by atoms with Crippen LogP contribution in [0.1, 0.15) is 22.0 Å². The van der Waals surface area contributed by atoms with Crippen LogP contribution in [0.3, 0.4) is 0 Å². The normalized spacial score (nSPS) is 16.3. The first-order valence-corrected chi connectivity index (χ1v) is 11.0. The van der Waals surface area contributed by atoms with Crippen LogP contribution in [0, 0.1) is 5.82 Å². The maximum atomic E-state index is 13.6. The third-order valence-corrected chi connectivity index (χ3v) is 6.02. The van der Waals surface area contributed by atoms with E-state index in [2.05, 4.69) is 21.0 Å². The standard InChI is InChI=1S/C24H20BrFN4O2/c25-18-5-3-17(4-6-18)22-16-29(13-14-32-22)24(31)21-15-27-30(20-9-7-19(26)8-10-20)23(21)28-11-1-2-12-28/h1-12,15,22H,13-14,16H2. The summed E-state index contributed by atoms with van der Waals surface area (Å²) in [4.78, 5) is 15.4. The van der Waals surface area contributed by atoms with Crippen LogP contribution in [0.25, 0.3) is 11.5 Å². The molecule has 32 heavy (non-hydrogen) atoms. The Bertz CT molecular complexity index is 1220. The number of amides is 1. The molecule has 0 aliphatic carbocycles. The smallest absolute Gasteiger partial charge is 0.259 e. The van der Waals surface area contributed by atoms with Crippen molar-refractivity contribution in [2.75, 3.05) is 19.7 Å². The van der Waals surface area contributed by atoms with Gasteiger partial charge in [-0.25, -0.2) is 9.07 Å². The Morgan fingerprint density at radius 3 is 2.50 bits per heavy atom. The molecular formula is C24H20BrFN4O2. The molecule has 1 unspecified atom stereocenters. The van der Waals surface area contributed by atoms with Crippen LogP contribution < -0.4 is 0 Å². The molecule has 0 bridgehead atoms. The number of nitrogens with zero attached hydrogens (tertiary/aromatic N) is 4. The predicted molar refractivity (Wildman–Crippen MR) is 122 cm³/mol. The molecule has 0 saturated carbocycles. The summed E-state index contributed by atoms with van der Waals surface area (Å²) >= 11 is 3.45. The van der Waals surface area contributed by atoms with Gasteiger partial charge < -0.3 is 14.2 Å². The molecule has 3 heterocycles. The molecule has 5 rings (SSSR count). The van der Waals surface area contributed by atoms with E-state index in [4.69, 9.17) is 4.74 Å². The molecule has 162 valence electrons. The Balaban J connectivity index is 1.48. The van der Waals surface area contributed by atoms with Crippen LogP contribution in [-0.2, 0) is 4.74 Å². The first-order chi connectivity index (χ1) is 15.6. The van der Waals surface area contributed by atoms with Gasteiger partial charge in [-0.2, -0.15) is 5.10 Å². The SMILES string of the molecule is O=C(c1cnn(-c2ccc(F)cc2)c1-n1cccc1)N1CCOC(c2ccc(Br)cc2)C1. The number of carbonyl (C=O) groups excluding carboxylic acids is 1. The third kappa shape index (κ3) is 3.99. The van der Waals surface area contributed by atoms with Crippen molar-refractivity contribution in [3.63, 3.8) is 0 Å². The molecule has 1 saturated heterocycles. The van der Waals surface area contributed by atoms with Crippen LogP contribution in [0.4, 0.5) is 4.39 Å². The fraction of sp³-hybridized carbons (Fsp3) is 0.167.